The first-order chi connectivity index (χ1) is 8.24. The van der Waals surface area contributed by atoms with Gasteiger partial charge in [-0.05, 0) is 13.5 Å². The largest absolute Gasteiger partial charge is 0.385 e. The van der Waals surface area contributed by atoms with Gasteiger partial charge in [0.15, 0.2) is 5.96 Å². The molecule has 0 heterocycles. The lowest BCUT2D eigenvalue weighted by atomic mass is 10.4. The van der Waals surface area contributed by atoms with Gasteiger partial charge in [0.05, 0.1) is 6.54 Å². The molecule has 0 aromatic heterocycles. The van der Waals surface area contributed by atoms with Crippen molar-refractivity contribution in [2.45, 2.75) is 6.42 Å². The first-order valence-electron chi connectivity index (χ1n) is 5.80. The summed E-state index contributed by atoms with van der Waals surface area (Å²) in [7, 11) is 5.55. The highest BCUT2D eigenvalue weighted by atomic mass is 16.5. The highest BCUT2D eigenvalue weighted by molar-refractivity contribution is 5.79. The summed E-state index contributed by atoms with van der Waals surface area (Å²) in [6.45, 7) is 4.13. The maximum Gasteiger partial charge on any atom is 0.191 e. The van der Waals surface area contributed by atoms with Crippen LogP contribution in [0.25, 0.3) is 0 Å². The molecule has 98 valence electrons. The number of terminal acetylenes is 1. The molecule has 0 aromatic carbocycles. The number of methoxy groups -OCH3 is 1. The molecule has 0 bridgehead atoms. The number of hydrogen-bond donors (Lipinski definition) is 2. The van der Waals surface area contributed by atoms with Crippen molar-refractivity contribution in [1.82, 2.24) is 15.5 Å². The molecule has 2 N–H and O–H groups in total. The van der Waals surface area contributed by atoms with Gasteiger partial charge in [0, 0.05) is 40.4 Å². The third-order valence-corrected chi connectivity index (χ3v) is 2.26. The van der Waals surface area contributed by atoms with Gasteiger partial charge in [-0.2, -0.15) is 0 Å². The molecule has 0 saturated carbocycles. The average molecular weight is 240 g/mol. The van der Waals surface area contributed by atoms with Crippen LogP contribution in [0.15, 0.2) is 4.99 Å². The normalized spacial score (nSPS) is 11.4. The molecule has 0 atom stereocenters. The van der Waals surface area contributed by atoms with Crippen molar-refractivity contribution < 1.29 is 4.74 Å². The van der Waals surface area contributed by atoms with E-state index in [0.29, 0.717) is 6.54 Å². The summed E-state index contributed by atoms with van der Waals surface area (Å²) in [6, 6.07) is 0. The third-order valence-electron chi connectivity index (χ3n) is 2.26. The fourth-order valence-corrected chi connectivity index (χ4v) is 1.31. The quantitative estimate of drug-likeness (QED) is 0.266. The zero-order valence-electron chi connectivity index (χ0n) is 11.1. The molecule has 0 rings (SSSR count). The van der Waals surface area contributed by atoms with Crippen LogP contribution in [-0.2, 0) is 4.74 Å². The van der Waals surface area contributed by atoms with Crippen LogP contribution in [-0.4, -0.2) is 64.9 Å². The predicted molar refractivity (Wildman–Crippen MR) is 72.2 cm³/mol. The number of ether oxygens (including phenoxy) is 1. The molecule has 0 aromatic rings. The van der Waals surface area contributed by atoms with Gasteiger partial charge in [-0.1, -0.05) is 5.92 Å². The molecule has 0 radical (unpaired) electrons. The van der Waals surface area contributed by atoms with Crippen LogP contribution >= 0.6 is 0 Å². The summed E-state index contributed by atoms with van der Waals surface area (Å²) in [5.41, 5.74) is 0. The van der Waals surface area contributed by atoms with Gasteiger partial charge in [0.2, 0.25) is 0 Å². The number of hydrogen-bond acceptors (Lipinski definition) is 3. The summed E-state index contributed by atoms with van der Waals surface area (Å²) in [5.74, 6) is 3.25. The zero-order valence-corrected chi connectivity index (χ0v) is 11.1. The molecule has 5 heteroatoms. The van der Waals surface area contributed by atoms with E-state index >= 15 is 0 Å². The number of aliphatic imine (C=N–C) groups is 1. The minimum Gasteiger partial charge on any atom is -0.385 e. The fourth-order valence-electron chi connectivity index (χ4n) is 1.31. The summed E-state index contributed by atoms with van der Waals surface area (Å²) in [4.78, 5) is 6.31. The summed E-state index contributed by atoms with van der Waals surface area (Å²) < 4.78 is 5.01. The minimum atomic E-state index is 0.489. The van der Waals surface area contributed by atoms with Gasteiger partial charge < -0.3 is 20.3 Å². The van der Waals surface area contributed by atoms with E-state index in [4.69, 9.17) is 11.2 Å². The van der Waals surface area contributed by atoms with E-state index in [2.05, 4.69) is 33.5 Å². The SMILES string of the molecule is C#CCNC(=NC)NCCN(C)CCCOC. The van der Waals surface area contributed by atoms with Crippen LogP contribution in [0.4, 0.5) is 0 Å². The highest BCUT2D eigenvalue weighted by Crippen LogP contribution is 1.86. The van der Waals surface area contributed by atoms with Crippen LogP contribution in [0.1, 0.15) is 6.42 Å². The number of nitrogens with zero attached hydrogens (tertiary/aromatic N) is 2. The lowest BCUT2D eigenvalue weighted by molar-refractivity contribution is 0.180. The minimum absolute atomic E-state index is 0.489. The van der Waals surface area contributed by atoms with E-state index in [1.165, 1.54) is 0 Å². The van der Waals surface area contributed by atoms with Gasteiger partial charge in [-0.3, -0.25) is 4.99 Å². The second-order valence-electron chi connectivity index (χ2n) is 3.71. The molecule has 0 aliphatic rings. The molecule has 0 aliphatic heterocycles. The topological polar surface area (TPSA) is 48.9 Å². The van der Waals surface area contributed by atoms with E-state index in [9.17, 15) is 0 Å². The second kappa shape index (κ2) is 11.2. The Morgan fingerprint density at radius 2 is 2.18 bits per heavy atom. The van der Waals surface area contributed by atoms with Gasteiger partial charge in [-0.15, -0.1) is 6.42 Å². The Hall–Kier alpha value is -1.25. The van der Waals surface area contributed by atoms with Crippen molar-refractivity contribution in [3.8, 4) is 12.3 Å². The van der Waals surface area contributed by atoms with Gasteiger partial charge in [-0.25, -0.2) is 0 Å². The Morgan fingerprint density at radius 3 is 2.76 bits per heavy atom. The van der Waals surface area contributed by atoms with Crippen molar-refractivity contribution in [3.63, 3.8) is 0 Å². The maximum atomic E-state index is 5.16. The molecular formula is C12H24N4O. The maximum absolute atomic E-state index is 5.16. The Balaban J connectivity index is 3.56. The Morgan fingerprint density at radius 1 is 1.41 bits per heavy atom. The molecule has 0 saturated heterocycles. The lowest BCUT2D eigenvalue weighted by Gasteiger charge is -2.17. The number of likely N-dealkylation sites (N-methyl/N-ethyl adjacent to an activating group) is 1. The molecule has 17 heavy (non-hydrogen) atoms. The van der Waals surface area contributed by atoms with Gasteiger partial charge >= 0.3 is 0 Å². The highest BCUT2D eigenvalue weighted by Gasteiger charge is 1.99. The smallest absolute Gasteiger partial charge is 0.191 e. The predicted octanol–water partition coefficient (Wildman–Crippen LogP) is -0.247. The van der Waals surface area contributed by atoms with E-state index in [1.807, 2.05) is 0 Å². The van der Waals surface area contributed by atoms with Crippen LogP contribution < -0.4 is 10.6 Å². The molecule has 5 nitrogen and oxygen atoms in total. The molecule has 0 fully saturated rings. The zero-order chi connectivity index (χ0) is 12.9. The number of rotatable bonds is 8. The van der Waals surface area contributed by atoms with Gasteiger partial charge in [0.25, 0.3) is 0 Å². The number of nitrogens with one attached hydrogen (secondary N) is 2. The van der Waals surface area contributed by atoms with Crippen molar-refractivity contribution in [2.75, 3.05) is 54.0 Å². The lowest BCUT2D eigenvalue weighted by Crippen LogP contribution is -2.41. The van der Waals surface area contributed by atoms with Gasteiger partial charge in [0.1, 0.15) is 0 Å². The second-order valence-corrected chi connectivity index (χ2v) is 3.71. The van der Waals surface area contributed by atoms with Crippen molar-refractivity contribution >= 4 is 5.96 Å². The monoisotopic (exact) mass is 240 g/mol. The summed E-state index contributed by atoms with van der Waals surface area (Å²) >= 11 is 0. The summed E-state index contributed by atoms with van der Waals surface area (Å²) in [5, 5.41) is 6.21. The molecule has 0 unspecified atom stereocenters. The van der Waals surface area contributed by atoms with E-state index in [1.54, 1.807) is 14.2 Å². The molecule has 0 amide bonds. The molecule has 0 aliphatic carbocycles. The Labute approximate surface area is 105 Å². The van der Waals surface area contributed by atoms with Crippen LogP contribution in [0.5, 0.6) is 0 Å². The first-order valence-corrected chi connectivity index (χ1v) is 5.80. The Kier molecular flexibility index (Phi) is 10.4. The Bertz CT molecular complexity index is 247. The van der Waals surface area contributed by atoms with Crippen molar-refractivity contribution in [3.05, 3.63) is 0 Å². The average Bonchev–Trinajstić information content (AvgIpc) is 2.34. The van der Waals surface area contributed by atoms with Crippen molar-refractivity contribution in [2.24, 2.45) is 4.99 Å². The van der Waals surface area contributed by atoms with E-state index in [-0.39, 0.29) is 0 Å². The summed E-state index contributed by atoms with van der Waals surface area (Å²) in [6.07, 6.45) is 6.21. The van der Waals surface area contributed by atoms with Crippen molar-refractivity contribution in [1.29, 1.82) is 0 Å². The van der Waals surface area contributed by atoms with Crippen LogP contribution in [0, 0.1) is 12.3 Å². The third kappa shape index (κ3) is 9.67. The standard InChI is InChI=1S/C12H24N4O/c1-5-7-14-12(13-2)15-8-10-16(3)9-6-11-17-4/h1H,6-11H2,2-4H3,(H2,13,14,15). The number of guanidine groups is 1. The first kappa shape index (κ1) is 15.8. The van der Waals surface area contributed by atoms with Crippen LogP contribution in [0.3, 0.4) is 0 Å². The van der Waals surface area contributed by atoms with E-state index < -0.39 is 0 Å². The molecule has 0 spiro atoms. The van der Waals surface area contributed by atoms with Crippen LogP contribution in [0.2, 0.25) is 0 Å². The molecular weight excluding hydrogens is 216 g/mol. The fraction of sp³-hybridized carbons (Fsp3) is 0.750. The van der Waals surface area contributed by atoms with E-state index in [0.717, 1.165) is 38.6 Å².